The van der Waals surface area contributed by atoms with Gasteiger partial charge in [0.1, 0.15) is 11.5 Å². The summed E-state index contributed by atoms with van der Waals surface area (Å²) in [5.74, 6) is 2.58. The number of ether oxygens (including phenoxy) is 3. The molecule has 8 rings (SSSR count). The minimum absolute atomic E-state index is 0.242. The van der Waals surface area contributed by atoms with Crippen LogP contribution >= 0.6 is 0 Å². The number of rotatable bonds is 3. The normalized spacial score (nSPS) is 38.5. The molecule has 2 atom stereocenters. The van der Waals surface area contributed by atoms with Gasteiger partial charge < -0.3 is 14.2 Å². The largest absolute Gasteiger partial charge is 0.519 e. The van der Waals surface area contributed by atoms with Gasteiger partial charge in [0, 0.05) is 24.7 Å². The van der Waals surface area contributed by atoms with Gasteiger partial charge in [-0.25, -0.2) is 4.79 Å². The van der Waals surface area contributed by atoms with Crippen molar-refractivity contribution in [1.29, 1.82) is 0 Å². The zero-order chi connectivity index (χ0) is 24.3. The lowest BCUT2D eigenvalue weighted by molar-refractivity contribution is -0.390. The second-order valence-electron chi connectivity index (χ2n) is 11.8. The minimum atomic E-state index is -0.740. The van der Waals surface area contributed by atoms with Crippen LogP contribution in [0.15, 0.2) is 48.5 Å². The second kappa shape index (κ2) is 8.57. The molecule has 5 saturated carbocycles. The summed E-state index contributed by atoms with van der Waals surface area (Å²) < 4.78 is 17.8. The molecule has 6 heteroatoms. The van der Waals surface area contributed by atoms with Crippen molar-refractivity contribution in [3.05, 3.63) is 59.7 Å². The molecule has 2 aromatic rings. The lowest BCUT2D eigenvalue weighted by Crippen LogP contribution is -2.59. The van der Waals surface area contributed by atoms with Crippen molar-refractivity contribution in [2.45, 2.75) is 82.2 Å². The Morgan fingerprint density at radius 2 is 1.61 bits per heavy atom. The van der Waals surface area contributed by atoms with Crippen molar-refractivity contribution in [3.8, 4) is 11.5 Å². The van der Waals surface area contributed by atoms with Crippen LogP contribution in [-0.4, -0.2) is 17.7 Å². The fourth-order valence-electron chi connectivity index (χ4n) is 7.91. The first-order valence-electron chi connectivity index (χ1n) is 13.6. The van der Waals surface area contributed by atoms with E-state index in [0.717, 1.165) is 48.6 Å². The van der Waals surface area contributed by atoms with E-state index in [0.29, 0.717) is 23.3 Å². The van der Waals surface area contributed by atoms with Crippen molar-refractivity contribution in [3.63, 3.8) is 0 Å². The molecule has 2 aromatic carbocycles. The molecule has 0 aromatic heterocycles. The topological polar surface area (TPSA) is 63.2 Å². The van der Waals surface area contributed by atoms with Gasteiger partial charge >= 0.3 is 6.16 Å². The van der Waals surface area contributed by atoms with Crippen LogP contribution in [0.25, 0.3) is 0 Å². The molecule has 0 amide bonds. The number of carbonyl (C=O) groups excluding carboxylic acids is 1. The Labute approximate surface area is 212 Å². The minimum Gasteiger partial charge on any atom is -0.395 e. The molecule has 6 aliphatic rings. The highest BCUT2D eigenvalue weighted by atomic mass is 17.3. The van der Waals surface area contributed by atoms with Crippen LogP contribution < -0.4 is 9.47 Å². The highest BCUT2D eigenvalue weighted by Gasteiger charge is 2.67. The van der Waals surface area contributed by atoms with E-state index in [2.05, 4.69) is 6.07 Å². The number of benzene rings is 2. The van der Waals surface area contributed by atoms with E-state index < -0.39 is 17.7 Å². The number of hydrogen-bond acceptors (Lipinski definition) is 6. The van der Waals surface area contributed by atoms with Gasteiger partial charge in [-0.2, -0.15) is 9.78 Å². The summed E-state index contributed by atoms with van der Waals surface area (Å²) >= 11 is 0. The Morgan fingerprint density at radius 3 is 2.36 bits per heavy atom. The van der Waals surface area contributed by atoms with Gasteiger partial charge in [-0.05, 0) is 99.5 Å². The molecule has 6 nitrogen and oxygen atoms in total. The van der Waals surface area contributed by atoms with Crippen LogP contribution in [0, 0.1) is 30.6 Å². The van der Waals surface area contributed by atoms with E-state index in [1.165, 1.54) is 32.1 Å². The maximum absolute atomic E-state index is 12.4. The molecule has 0 radical (unpaired) electrons. The van der Waals surface area contributed by atoms with Crippen molar-refractivity contribution < 1.29 is 28.8 Å². The Hall–Kier alpha value is -2.41. The third kappa shape index (κ3) is 3.94. The Morgan fingerprint density at radius 1 is 0.889 bits per heavy atom. The zero-order valence-corrected chi connectivity index (χ0v) is 20.8. The molecule has 1 saturated heterocycles. The Kier molecular flexibility index (Phi) is 5.42. The number of carbonyl (C=O) groups is 1. The summed E-state index contributed by atoms with van der Waals surface area (Å²) in [7, 11) is 0. The number of hydrogen-bond donors (Lipinski definition) is 0. The molecule has 5 aliphatic carbocycles. The molecule has 36 heavy (non-hydrogen) atoms. The highest BCUT2D eigenvalue weighted by molar-refractivity contribution is 5.67. The standard InChI is InChI=1S/C30H34O6/c1-19-7-9-26(10-8-19)32-28(31)33-27-6-2-4-22(17-27)23-5-3-11-29(18-23)34-30(36-35-29)24-13-20-12-21(15-24)16-25(30)14-20/h2,4,6-10,17,20-21,23-25H,3,5,11-16,18H2,1H3/t20?,21?,23?,24?,25?,29-,30?/m1/s1. The predicted octanol–water partition coefficient (Wildman–Crippen LogP) is 7.06. The Balaban J connectivity index is 1.04. The van der Waals surface area contributed by atoms with E-state index >= 15 is 0 Å². The van der Waals surface area contributed by atoms with Gasteiger partial charge in [-0.1, -0.05) is 29.8 Å². The van der Waals surface area contributed by atoms with Crippen molar-refractivity contribution in [2.75, 3.05) is 0 Å². The van der Waals surface area contributed by atoms with E-state index in [9.17, 15) is 4.79 Å². The predicted molar refractivity (Wildman–Crippen MR) is 131 cm³/mol. The van der Waals surface area contributed by atoms with Crippen molar-refractivity contribution in [2.24, 2.45) is 23.7 Å². The first kappa shape index (κ1) is 22.8. The van der Waals surface area contributed by atoms with Crippen LogP contribution in [-0.2, 0) is 14.5 Å². The first-order valence-corrected chi connectivity index (χ1v) is 13.6. The van der Waals surface area contributed by atoms with E-state index in [1.807, 2.05) is 31.2 Å². The lowest BCUT2D eigenvalue weighted by atomic mass is 9.53. The van der Waals surface area contributed by atoms with Crippen molar-refractivity contribution >= 4 is 6.16 Å². The summed E-state index contributed by atoms with van der Waals surface area (Å²) in [5.41, 5.74) is 2.22. The van der Waals surface area contributed by atoms with Gasteiger partial charge in [-0.3, -0.25) is 0 Å². The molecule has 190 valence electrons. The van der Waals surface area contributed by atoms with Gasteiger partial charge in [0.25, 0.3) is 0 Å². The molecule has 1 unspecified atom stereocenters. The average molecular weight is 491 g/mol. The molecule has 0 N–H and O–H groups in total. The quantitative estimate of drug-likeness (QED) is 0.261. The molecule has 6 fully saturated rings. The monoisotopic (exact) mass is 490 g/mol. The van der Waals surface area contributed by atoms with Crippen molar-refractivity contribution in [1.82, 2.24) is 0 Å². The van der Waals surface area contributed by atoms with Gasteiger partial charge in [0.05, 0.1) is 0 Å². The molecule has 4 bridgehead atoms. The highest BCUT2D eigenvalue weighted by Crippen LogP contribution is 2.64. The summed E-state index contributed by atoms with van der Waals surface area (Å²) in [6, 6.07) is 15.1. The van der Waals surface area contributed by atoms with Crippen LogP contribution in [0.2, 0.25) is 0 Å². The molecule has 1 heterocycles. The van der Waals surface area contributed by atoms with E-state index in [1.54, 1.807) is 18.2 Å². The van der Waals surface area contributed by atoms with Crippen LogP contribution in [0.1, 0.15) is 74.8 Å². The fourth-order valence-corrected chi connectivity index (χ4v) is 7.91. The SMILES string of the molecule is Cc1ccc(OC(=O)Oc2cccc(C3CCC[C@]4(C3)OOC3(O4)C4CC5CC(C4)CC3C5)c2)cc1. The smallest absolute Gasteiger partial charge is 0.395 e. The summed E-state index contributed by atoms with van der Waals surface area (Å²) in [6.45, 7) is 1.99. The summed E-state index contributed by atoms with van der Waals surface area (Å²) in [5, 5.41) is 0. The molecule has 1 aliphatic heterocycles. The third-order valence-corrected chi connectivity index (χ3v) is 9.37. The average Bonchev–Trinajstić information content (AvgIpc) is 3.23. The van der Waals surface area contributed by atoms with Crippen LogP contribution in [0.3, 0.4) is 0 Å². The first-order chi connectivity index (χ1) is 17.5. The molecule has 2 spiro atoms. The fraction of sp³-hybridized carbons (Fsp3) is 0.567. The van der Waals surface area contributed by atoms with Crippen LogP contribution in [0.4, 0.5) is 4.79 Å². The van der Waals surface area contributed by atoms with Crippen LogP contribution in [0.5, 0.6) is 11.5 Å². The number of aryl methyl sites for hydroxylation is 1. The lowest BCUT2D eigenvalue weighted by Gasteiger charge is -2.57. The van der Waals surface area contributed by atoms with Gasteiger partial charge in [0.2, 0.25) is 11.6 Å². The zero-order valence-electron chi connectivity index (χ0n) is 20.8. The van der Waals surface area contributed by atoms with Gasteiger partial charge in [-0.15, -0.1) is 0 Å². The summed E-state index contributed by atoms with van der Waals surface area (Å²) in [6.07, 6.45) is 9.17. The maximum atomic E-state index is 12.4. The van der Waals surface area contributed by atoms with E-state index in [-0.39, 0.29) is 5.92 Å². The third-order valence-electron chi connectivity index (χ3n) is 9.37. The second-order valence-corrected chi connectivity index (χ2v) is 11.8. The van der Waals surface area contributed by atoms with E-state index in [4.69, 9.17) is 24.0 Å². The van der Waals surface area contributed by atoms with Gasteiger partial charge in [0.15, 0.2) is 0 Å². The maximum Gasteiger partial charge on any atom is 0.519 e. The summed E-state index contributed by atoms with van der Waals surface area (Å²) in [4.78, 5) is 24.7. The molecular formula is C30H34O6. The Bertz CT molecular complexity index is 1110. The molecular weight excluding hydrogens is 456 g/mol.